The highest BCUT2D eigenvalue weighted by Gasteiger charge is 2.28. The Labute approximate surface area is 136 Å². The van der Waals surface area contributed by atoms with E-state index in [1.165, 1.54) is 18.4 Å². The molecule has 1 aliphatic heterocycles. The van der Waals surface area contributed by atoms with Crippen molar-refractivity contribution >= 4 is 11.0 Å². The third kappa shape index (κ3) is 2.77. The molecular weight excluding hydrogens is 286 g/mol. The van der Waals surface area contributed by atoms with E-state index in [4.69, 9.17) is 4.98 Å². The van der Waals surface area contributed by atoms with Crippen molar-refractivity contribution in [1.29, 1.82) is 0 Å². The van der Waals surface area contributed by atoms with Gasteiger partial charge in [-0.1, -0.05) is 12.1 Å². The van der Waals surface area contributed by atoms with Gasteiger partial charge >= 0.3 is 0 Å². The quantitative estimate of drug-likeness (QED) is 0.805. The average molecular weight is 309 g/mol. The van der Waals surface area contributed by atoms with Gasteiger partial charge in [-0.05, 0) is 50.9 Å². The zero-order chi connectivity index (χ0) is 15.8. The van der Waals surface area contributed by atoms with Crippen molar-refractivity contribution in [3.63, 3.8) is 0 Å². The molecule has 0 amide bonds. The minimum absolute atomic E-state index is 0.401. The van der Waals surface area contributed by atoms with Gasteiger partial charge in [-0.3, -0.25) is 9.58 Å². The van der Waals surface area contributed by atoms with Gasteiger partial charge in [0.1, 0.15) is 5.82 Å². The van der Waals surface area contributed by atoms with Crippen LogP contribution < -0.4 is 0 Å². The zero-order valence-electron chi connectivity index (χ0n) is 13.8. The highest BCUT2D eigenvalue weighted by molar-refractivity contribution is 5.78. The molecule has 1 unspecified atom stereocenters. The van der Waals surface area contributed by atoms with Crippen molar-refractivity contribution in [2.24, 2.45) is 0 Å². The van der Waals surface area contributed by atoms with Crippen LogP contribution in [-0.2, 0) is 6.54 Å². The highest BCUT2D eigenvalue weighted by atomic mass is 15.3. The predicted octanol–water partition coefficient (Wildman–Crippen LogP) is 3.21. The lowest BCUT2D eigenvalue weighted by molar-refractivity contribution is 0.236. The van der Waals surface area contributed by atoms with E-state index >= 15 is 0 Å². The van der Waals surface area contributed by atoms with Crippen LogP contribution in [-0.4, -0.2) is 37.7 Å². The molecule has 0 saturated carbocycles. The van der Waals surface area contributed by atoms with E-state index in [9.17, 15) is 0 Å². The number of H-pyrrole nitrogens is 1. The van der Waals surface area contributed by atoms with Gasteiger partial charge in [0, 0.05) is 12.7 Å². The molecule has 4 rings (SSSR count). The van der Waals surface area contributed by atoms with Crippen LogP contribution in [0.5, 0.6) is 0 Å². The Balaban J connectivity index is 1.53. The van der Waals surface area contributed by atoms with Crippen molar-refractivity contribution in [2.45, 2.75) is 39.3 Å². The van der Waals surface area contributed by atoms with Crippen LogP contribution in [0.3, 0.4) is 0 Å². The van der Waals surface area contributed by atoms with Gasteiger partial charge < -0.3 is 4.98 Å². The first-order chi connectivity index (χ1) is 11.2. The number of fused-ring (bicyclic) bond motifs is 1. The standard InChI is InChI=1S/C18H23N5/c1-13-5-3-6-15-17(13)20-18(19-15)16-7-4-9-22(16)11-12-23-10-8-14(2)21-23/h3,5-6,8,10,16H,4,7,9,11-12H2,1-2H3,(H,19,20). The second-order valence-corrected chi connectivity index (χ2v) is 6.51. The topological polar surface area (TPSA) is 49.7 Å². The van der Waals surface area contributed by atoms with Gasteiger partial charge in [0.15, 0.2) is 0 Å². The largest absolute Gasteiger partial charge is 0.341 e. The molecule has 5 heteroatoms. The number of aromatic nitrogens is 4. The maximum atomic E-state index is 4.88. The summed E-state index contributed by atoms with van der Waals surface area (Å²) in [7, 11) is 0. The highest BCUT2D eigenvalue weighted by Crippen LogP contribution is 2.31. The molecule has 0 radical (unpaired) electrons. The number of aryl methyl sites for hydroxylation is 2. The number of benzene rings is 1. The van der Waals surface area contributed by atoms with Crippen LogP contribution >= 0.6 is 0 Å². The summed E-state index contributed by atoms with van der Waals surface area (Å²) in [6, 6.07) is 8.79. The number of aromatic amines is 1. The molecule has 1 N–H and O–H groups in total. The first-order valence-corrected chi connectivity index (χ1v) is 8.40. The number of nitrogens with one attached hydrogen (secondary N) is 1. The van der Waals surface area contributed by atoms with E-state index in [1.807, 2.05) is 11.6 Å². The Morgan fingerprint density at radius 2 is 2.13 bits per heavy atom. The fourth-order valence-corrected chi connectivity index (χ4v) is 3.57. The summed E-state index contributed by atoms with van der Waals surface area (Å²) in [5.74, 6) is 1.11. The number of para-hydroxylation sites is 1. The molecule has 0 bridgehead atoms. The average Bonchev–Trinajstić information content (AvgIpc) is 3.23. The molecule has 1 aliphatic rings. The zero-order valence-corrected chi connectivity index (χ0v) is 13.8. The fraction of sp³-hybridized carbons (Fsp3) is 0.444. The van der Waals surface area contributed by atoms with Gasteiger partial charge in [-0.2, -0.15) is 5.10 Å². The smallest absolute Gasteiger partial charge is 0.124 e. The SMILES string of the molecule is Cc1ccn(CCN2CCCC2c2nc3c(C)cccc3[nH]2)n1. The first kappa shape index (κ1) is 14.5. The van der Waals surface area contributed by atoms with E-state index in [1.54, 1.807) is 0 Å². The maximum absolute atomic E-state index is 4.88. The molecule has 1 atom stereocenters. The van der Waals surface area contributed by atoms with Crippen LogP contribution in [0.15, 0.2) is 30.5 Å². The van der Waals surface area contributed by atoms with Crippen LogP contribution in [0, 0.1) is 13.8 Å². The Hall–Kier alpha value is -2.14. The molecule has 1 fully saturated rings. The molecule has 120 valence electrons. The minimum atomic E-state index is 0.401. The monoisotopic (exact) mass is 309 g/mol. The fourth-order valence-electron chi connectivity index (χ4n) is 3.57. The van der Waals surface area contributed by atoms with Gasteiger partial charge in [-0.15, -0.1) is 0 Å². The summed E-state index contributed by atoms with van der Waals surface area (Å²) in [6.45, 7) is 7.25. The summed E-state index contributed by atoms with van der Waals surface area (Å²) in [5, 5.41) is 4.48. The van der Waals surface area contributed by atoms with E-state index in [2.05, 4.69) is 52.4 Å². The predicted molar refractivity (Wildman–Crippen MR) is 91.3 cm³/mol. The summed E-state index contributed by atoms with van der Waals surface area (Å²) in [5.41, 5.74) is 4.57. The lowest BCUT2D eigenvalue weighted by Gasteiger charge is -2.22. The van der Waals surface area contributed by atoms with Crippen LogP contribution in [0.25, 0.3) is 11.0 Å². The third-order valence-corrected chi connectivity index (χ3v) is 4.80. The minimum Gasteiger partial charge on any atom is -0.341 e. The summed E-state index contributed by atoms with van der Waals surface area (Å²) in [6.07, 6.45) is 4.47. The molecule has 0 aliphatic carbocycles. The van der Waals surface area contributed by atoms with Gasteiger partial charge in [0.25, 0.3) is 0 Å². The number of likely N-dealkylation sites (tertiary alicyclic amines) is 1. The van der Waals surface area contributed by atoms with Gasteiger partial charge in [0.05, 0.1) is 29.3 Å². The Morgan fingerprint density at radius 1 is 1.22 bits per heavy atom. The van der Waals surface area contributed by atoms with Crippen molar-refractivity contribution in [3.05, 3.63) is 47.5 Å². The van der Waals surface area contributed by atoms with E-state index in [0.717, 1.165) is 42.2 Å². The number of hydrogen-bond donors (Lipinski definition) is 1. The molecule has 1 aromatic carbocycles. The van der Waals surface area contributed by atoms with Crippen LogP contribution in [0.4, 0.5) is 0 Å². The third-order valence-electron chi connectivity index (χ3n) is 4.80. The van der Waals surface area contributed by atoms with Crippen LogP contribution in [0.1, 0.15) is 36.0 Å². The van der Waals surface area contributed by atoms with Crippen molar-refractivity contribution in [2.75, 3.05) is 13.1 Å². The number of hydrogen-bond acceptors (Lipinski definition) is 3. The molecule has 0 spiro atoms. The van der Waals surface area contributed by atoms with Crippen molar-refractivity contribution in [3.8, 4) is 0 Å². The Kier molecular flexibility index (Phi) is 3.65. The number of imidazole rings is 1. The molecule has 23 heavy (non-hydrogen) atoms. The second kappa shape index (κ2) is 5.81. The Bertz CT molecular complexity index is 816. The van der Waals surface area contributed by atoms with E-state index < -0.39 is 0 Å². The number of rotatable bonds is 4. The Morgan fingerprint density at radius 3 is 2.91 bits per heavy atom. The molecule has 3 heterocycles. The van der Waals surface area contributed by atoms with Gasteiger partial charge in [0.2, 0.25) is 0 Å². The molecular formula is C18H23N5. The second-order valence-electron chi connectivity index (χ2n) is 6.51. The summed E-state index contributed by atoms with van der Waals surface area (Å²) >= 11 is 0. The first-order valence-electron chi connectivity index (χ1n) is 8.40. The lowest BCUT2D eigenvalue weighted by Crippen LogP contribution is -2.28. The van der Waals surface area contributed by atoms with Crippen molar-refractivity contribution < 1.29 is 0 Å². The number of nitrogens with zero attached hydrogens (tertiary/aromatic N) is 4. The summed E-state index contributed by atoms with van der Waals surface area (Å²) < 4.78 is 2.04. The molecule has 5 nitrogen and oxygen atoms in total. The van der Waals surface area contributed by atoms with E-state index in [-0.39, 0.29) is 0 Å². The van der Waals surface area contributed by atoms with Crippen molar-refractivity contribution in [1.82, 2.24) is 24.6 Å². The van der Waals surface area contributed by atoms with Crippen LogP contribution in [0.2, 0.25) is 0 Å². The normalized spacial score (nSPS) is 19.0. The molecule has 3 aromatic rings. The maximum Gasteiger partial charge on any atom is 0.124 e. The lowest BCUT2D eigenvalue weighted by atomic mass is 10.2. The molecule has 2 aromatic heterocycles. The summed E-state index contributed by atoms with van der Waals surface area (Å²) in [4.78, 5) is 11.0. The molecule has 1 saturated heterocycles. The van der Waals surface area contributed by atoms with Gasteiger partial charge in [-0.25, -0.2) is 4.98 Å². The van der Waals surface area contributed by atoms with E-state index in [0.29, 0.717) is 6.04 Å².